The van der Waals surface area contributed by atoms with Gasteiger partial charge in [-0.1, -0.05) is 13.0 Å². The van der Waals surface area contributed by atoms with E-state index >= 15 is 0 Å². The van der Waals surface area contributed by atoms with Crippen LogP contribution in [-0.4, -0.2) is 19.6 Å². The van der Waals surface area contributed by atoms with Crippen LogP contribution in [0.5, 0.6) is 0 Å². The van der Waals surface area contributed by atoms with Crippen LogP contribution in [0.4, 0.5) is 5.69 Å². The summed E-state index contributed by atoms with van der Waals surface area (Å²) in [6, 6.07) is 4.76. The van der Waals surface area contributed by atoms with Gasteiger partial charge in [-0.3, -0.25) is 0 Å². The van der Waals surface area contributed by atoms with Gasteiger partial charge in [0.1, 0.15) is 0 Å². The molecule has 0 amide bonds. The maximum absolute atomic E-state index is 3.26. The van der Waals surface area contributed by atoms with Crippen LogP contribution < -0.4 is 10.2 Å². The number of benzene rings is 1. The monoisotopic (exact) mass is 246 g/mol. The number of nitrogens with one attached hydrogen (secondary N) is 1. The van der Waals surface area contributed by atoms with Crippen molar-refractivity contribution in [3.05, 3.63) is 28.8 Å². The lowest BCUT2D eigenvalue weighted by atomic mass is 9.79. The molecule has 0 saturated heterocycles. The standard InChI is InChI=1S/C16H26N2/c1-11-7-15-14(8-13(11)10-17-5)12(2)9-16(3,4)18(15)6/h7-8,12,17H,9-10H2,1-6H3/t12-/m1/s1. The summed E-state index contributed by atoms with van der Waals surface area (Å²) in [5.74, 6) is 0.641. The van der Waals surface area contributed by atoms with E-state index < -0.39 is 0 Å². The molecule has 0 saturated carbocycles. The van der Waals surface area contributed by atoms with Crippen LogP contribution in [-0.2, 0) is 6.54 Å². The molecule has 100 valence electrons. The van der Waals surface area contributed by atoms with E-state index in [1.54, 1.807) is 0 Å². The van der Waals surface area contributed by atoms with Crippen molar-refractivity contribution in [2.75, 3.05) is 19.0 Å². The second-order valence-electron chi connectivity index (χ2n) is 6.34. The van der Waals surface area contributed by atoms with Crippen molar-refractivity contribution in [2.24, 2.45) is 0 Å². The maximum atomic E-state index is 3.26. The predicted octanol–water partition coefficient (Wildman–Crippen LogP) is 3.44. The molecule has 1 aliphatic heterocycles. The number of anilines is 1. The van der Waals surface area contributed by atoms with Gasteiger partial charge in [-0.25, -0.2) is 0 Å². The molecule has 1 heterocycles. The fourth-order valence-corrected chi connectivity index (χ4v) is 3.14. The first kappa shape index (κ1) is 13.4. The summed E-state index contributed by atoms with van der Waals surface area (Å²) in [6.07, 6.45) is 1.22. The molecule has 2 heteroatoms. The smallest absolute Gasteiger partial charge is 0.0406 e. The molecule has 1 N–H and O–H groups in total. The molecule has 0 spiro atoms. The molecule has 0 fully saturated rings. The minimum Gasteiger partial charge on any atom is -0.369 e. The lowest BCUT2D eigenvalue weighted by molar-refractivity contribution is 0.395. The van der Waals surface area contributed by atoms with Crippen molar-refractivity contribution in [2.45, 2.75) is 52.1 Å². The fourth-order valence-electron chi connectivity index (χ4n) is 3.14. The van der Waals surface area contributed by atoms with Gasteiger partial charge in [0.25, 0.3) is 0 Å². The largest absolute Gasteiger partial charge is 0.369 e. The van der Waals surface area contributed by atoms with Gasteiger partial charge >= 0.3 is 0 Å². The summed E-state index contributed by atoms with van der Waals surface area (Å²) in [4.78, 5) is 2.44. The van der Waals surface area contributed by atoms with E-state index in [0.29, 0.717) is 5.92 Å². The molecule has 0 radical (unpaired) electrons. The summed E-state index contributed by atoms with van der Waals surface area (Å²) < 4.78 is 0. The third-order valence-electron chi connectivity index (χ3n) is 4.46. The van der Waals surface area contributed by atoms with Crippen LogP contribution in [0.15, 0.2) is 12.1 Å². The zero-order chi connectivity index (χ0) is 13.5. The van der Waals surface area contributed by atoms with Crippen molar-refractivity contribution in [3.63, 3.8) is 0 Å². The molecule has 0 aliphatic carbocycles. The zero-order valence-corrected chi connectivity index (χ0v) is 12.6. The van der Waals surface area contributed by atoms with E-state index in [1.165, 1.54) is 28.8 Å². The van der Waals surface area contributed by atoms with Crippen LogP contribution in [0.3, 0.4) is 0 Å². The summed E-state index contributed by atoms with van der Waals surface area (Å²) in [5.41, 5.74) is 5.99. The van der Waals surface area contributed by atoms with Gasteiger partial charge in [-0.2, -0.15) is 0 Å². The number of hydrogen-bond donors (Lipinski definition) is 1. The van der Waals surface area contributed by atoms with Gasteiger partial charge in [0.05, 0.1) is 0 Å². The molecule has 18 heavy (non-hydrogen) atoms. The molecule has 0 aromatic heterocycles. The van der Waals surface area contributed by atoms with Crippen molar-refractivity contribution in [1.82, 2.24) is 5.32 Å². The first-order chi connectivity index (χ1) is 8.36. The quantitative estimate of drug-likeness (QED) is 0.860. The van der Waals surface area contributed by atoms with Crippen molar-refractivity contribution in [1.29, 1.82) is 0 Å². The van der Waals surface area contributed by atoms with Crippen molar-refractivity contribution in [3.8, 4) is 0 Å². The highest BCUT2D eigenvalue weighted by molar-refractivity contribution is 5.62. The Balaban J connectivity index is 2.51. The number of rotatable bonds is 2. The Morgan fingerprint density at radius 3 is 2.67 bits per heavy atom. The summed E-state index contributed by atoms with van der Waals surface area (Å²) in [7, 11) is 4.24. The Labute approximate surface area is 111 Å². The van der Waals surface area contributed by atoms with Crippen LogP contribution in [0.25, 0.3) is 0 Å². The van der Waals surface area contributed by atoms with Crippen LogP contribution in [0.1, 0.15) is 49.8 Å². The number of aryl methyl sites for hydroxylation is 1. The third kappa shape index (κ3) is 2.14. The minimum atomic E-state index is 0.253. The SMILES string of the molecule is CNCc1cc2c(cc1C)N(C)C(C)(C)C[C@H]2C. The van der Waals surface area contributed by atoms with Gasteiger partial charge in [0, 0.05) is 24.8 Å². The average molecular weight is 246 g/mol. The second kappa shape index (κ2) is 4.58. The number of hydrogen-bond acceptors (Lipinski definition) is 2. The summed E-state index contributed by atoms with van der Waals surface area (Å²) >= 11 is 0. The normalized spacial score (nSPS) is 21.9. The third-order valence-corrected chi connectivity index (χ3v) is 4.46. The average Bonchev–Trinajstić information content (AvgIpc) is 2.28. The van der Waals surface area contributed by atoms with E-state index in [9.17, 15) is 0 Å². The fraction of sp³-hybridized carbons (Fsp3) is 0.625. The Morgan fingerprint density at radius 1 is 1.39 bits per heavy atom. The molecule has 2 nitrogen and oxygen atoms in total. The van der Waals surface area contributed by atoms with Gasteiger partial charge < -0.3 is 10.2 Å². The van der Waals surface area contributed by atoms with Crippen molar-refractivity contribution < 1.29 is 0 Å². The van der Waals surface area contributed by atoms with Crippen LogP contribution in [0.2, 0.25) is 0 Å². The van der Waals surface area contributed by atoms with E-state index in [-0.39, 0.29) is 5.54 Å². The van der Waals surface area contributed by atoms with Gasteiger partial charge in [0.15, 0.2) is 0 Å². The predicted molar refractivity (Wildman–Crippen MR) is 79.5 cm³/mol. The molecule has 2 rings (SSSR count). The van der Waals surface area contributed by atoms with E-state index in [4.69, 9.17) is 0 Å². The maximum Gasteiger partial charge on any atom is 0.0406 e. The highest BCUT2D eigenvalue weighted by atomic mass is 15.2. The lowest BCUT2D eigenvalue weighted by Crippen LogP contribution is -2.45. The first-order valence-corrected chi connectivity index (χ1v) is 6.88. The number of fused-ring (bicyclic) bond motifs is 1. The van der Waals surface area contributed by atoms with Gasteiger partial charge in [-0.15, -0.1) is 0 Å². The highest BCUT2D eigenvalue weighted by Crippen LogP contribution is 2.43. The van der Waals surface area contributed by atoms with E-state index in [1.807, 2.05) is 7.05 Å². The molecule has 1 aromatic carbocycles. The number of nitrogens with zero attached hydrogens (tertiary/aromatic N) is 1. The van der Waals surface area contributed by atoms with Crippen LogP contribution in [0, 0.1) is 6.92 Å². The Bertz CT molecular complexity index is 449. The zero-order valence-electron chi connectivity index (χ0n) is 12.6. The van der Waals surface area contributed by atoms with Gasteiger partial charge in [0.2, 0.25) is 0 Å². The highest BCUT2D eigenvalue weighted by Gasteiger charge is 2.34. The molecule has 1 atom stereocenters. The molecule has 1 aliphatic rings. The van der Waals surface area contributed by atoms with Crippen LogP contribution >= 0.6 is 0 Å². The minimum absolute atomic E-state index is 0.253. The van der Waals surface area contributed by atoms with E-state index in [2.05, 4.69) is 57.1 Å². The molecule has 0 unspecified atom stereocenters. The first-order valence-electron chi connectivity index (χ1n) is 6.88. The summed E-state index contributed by atoms with van der Waals surface area (Å²) in [5, 5.41) is 3.26. The molecular formula is C16H26N2. The summed E-state index contributed by atoms with van der Waals surface area (Å²) in [6.45, 7) is 10.2. The topological polar surface area (TPSA) is 15.3 Å². The second-order valence-corrected chi connectivity index (χ2v) is 6.34. The molecule has 0 bridgehead atoms. The Morgan fingerprint density at radius 2 is 2.06 bits per heavy atom. The lowest BCUT2D eigenvalue weighted by Gasteiger charge is -2.45. The molecule has 1 aromatic rings. The van der Waals surface area contributed by atoms with E-state index in [0.717, 1.165) is 6.54 Å². The Hall–Kier alpha value is -1.02. The Kier molecular flexibility index (Phi) is 3.41. The van der Waals surface area contributed by atoms with Gasteiger partial charge in [-0.05, 0) is 62.9 Å². The van der Waals surface area contributed by atoms with Crippen molar-refractivity contribution >= 4 is 5.69 Å². The molecular weight excluding hydrogens is 220 g/mol.